The summed E-state index contributed by atoms with van der Waals surface area (Å²) in [5.74, 6) is -0.178. The van der Waals surface area contributed by atoms with Gasteiger partial charge in [-0.15, -0.1) is 0 Å². The van der Waals surface area contributed by atoms with Crippen LogP contribution in [0.15, 0.2) is 12.4 Å². The number of aryl methyl sites for hydroxylation is 1. The highest BCUT2D eigenvalue weighted by atomic mass is 16.5. The second kappa shape index (κ2) is 6.96. The van der Waals surface area contributed by atoms with Crippen LogP contribution in [-0.4, -0.2) is 28.6 Å². The van der Waals surface area contributed by atoms with Gasteiger partial charge in [-0.2, -0.15) is 0 Å². The first-order chi connectivity index (χ1) is 8.11. The Bertz CT molecular complexity index is 351. The highest BCUT2D eigenvalue weighted by molar-refractivity contribution is 5.69. The minimum Gasteiger partial charge on any atom is -0.466 e. The Kier molecular flexibility index (Phi) is 5.56. The van der Waals surface area contributed by atoms with Gasteiger partial charge in [0.25, 0.3) is 0 Å². The molecule has 0 saturated carbocycles. The van der Waals surface area contributed by atoms with Gasteiger partial charge in [0.1, 0.15) is 0 Å². The molecule has 1 N–H and O–H groups in total. The molecule has 0 bridgehead atoms. The number of esters is 1. The van der Waals surface area contributed by atoms with Crippen molar-refractivity contribution in [1.29, 1.82) is 0 Å². The van der Waals surface area contributed by atoms with Crippen LogP contribution in [-0.2, 0) is 16.1 Å². The maximum Gasteiger partial charge on any atom is 0.307 e. The third kappa shape index (κ3) is 5.40. The first-order valence-electron chi connectivity index (χ1n) is 5.78. The lowest BCUT2D eigenvalue weighted by Gasteiger charge is -2.12. The highest BCUT2D eigenvalue weighted by Crippen LogP contribution is 1.98. The fraction of sp³-hybridized carbons (Fsp3) is 0.583. The first kappa shape index (κ1) is 13.6. The van der Waals surface area contributed by atoms with E-state index in [4.69, 9.17) is 4.74 Å². The maximum absolute atomic E-state index is 11.2. The lowest BCUT2D eigenvalue weighted by molar-refractivity contribution is -0.143. The van der Waals surface area contributed by atoms with Crippen molar-refractivity contribution in [2.45, 2.75) is 39.8 Å². The summed E-state index contributed by atoms with van der Waals surface area (Å²) in [6, 6.07) is 0.0668. The number of nitrogens with zero attached hydrogens (tertiary/aromatic N) is 2. The Hall–Kier alpha value is -1.49. The van der Waals surface area contributed by atoms with Gasteiger partial charge in [-0.25, -0.2) is 0 Å². The van der Waals surface area contributed by atoms with Gasteiger partial charge in [0.05, 0.1) is 24.4 Å². The molecule has 0 aliphatic rings. The third-order valence-electron chi connectivity index (χ3n) is 2.24. The number of carbonyl (C=O) groups is 1. The van der Waals surface area contributed by atoms with Gasteiger partial charge in [-0.3, -0.25) is 14.8 Å². The summed E-state index contributed by atoms with van der Waals surface area (Å²) in [7, 11) is 0. The number of hydrogen-bond donors (Lipinski definition) is 1. The molecule has 5 nitrogen and oxygen atoms in total. The van der Waals surface area contributed by atoms with Gasteiger partial charge in [-0.05, 0) is 20.8 Å². The summed E-state index contributed by atoms with van der Waals surface area (Å²) < 4.78 is 4.87. The van der Waals surface area contributed by atoms with E-state index >= 15 is 0 Å². The molecule has 17 heavy (non-hydrogen) atoms. The summed E-state index contributed by atoms with van der Waals surface area (Å²) in [5, 5.41) is 3.20. The minimum atomic E-state index is -0.178. The Balaban J connectivity index is 2.30. The monoisotopic (exact) mass is 237 g/mol. The molecule has 1 rings (SSSR count). The lowest BCUT2D eigenvalue weighted by atomic mass is 10.2. The standard InChI is InChI=1S/C12H19N3O2/c1-4-17-12(16)5-9(2)13-7-11-8-14-10(3)6-15-11/h6,8-9,13H,4-5,7H2,1-3H3. The molecule has 1 atom stereocenters. The zero-order valence-electron chi connectivity index (χ0n) is 10.6. The quantitative estimate of drug-likeness (QED) is 0.754. The zero-order valence-corrected chi connectivity index (χ0v) is 10.6. The Labute approximate surface area is 102 Å². The van der Waals surface area contributed by atoms with Crippen molar-refractivity contribution in [3.05, 3.63) is 23.8 Å². The van der Waals surface area contributed by atoms with Crippen molar-refractivity contribution in [2.24, 2.45) is 0 Å². The lowest BCUT2D eigenvalue weighted by Crippen LogP contribution is -2.29. The van der Waals surface area contributed by atoms with Gasteiger partial charge in [0.2, 0.25) is 0 Å². The molecule has 0 spiro atoms. The van der Waals surface area contributed by atoms with Gasteiger partial charge in [-0.1, -0.05) is 0 Å². The van der Waals surface area contributed by atoms with Crippen molar-refractivity contribution >= 4 is 5.97 Å². The van der Waals surface area contributed by atoms with Crippen LogP contribution >= 0.6 is 0 Å². The van der Waals surface area contributed by atoms with Crippen LogP contribution < -0.4 is 5.32 Å². The summed E-state index contributed by atoms with van der Waals surface area (Å²) in [6.07, 6.45) is 3.83. The molecule has 1 unspecified atom stereocenters. The number of nitrogens with one attached hydrogen (secondary N) is 1. The summed E-state index contributed by atoms with van der Waals surface area (Å²) in [5.41, 5.74) is 1.76. The van der Waals surface area contributed by atoms with Crippen LogP contribution in [0.5, 0.6) is 0 Å². The minimum absolute atomic E-state index is 0.0668. The number of hydrogen-bond acceptors (Lipinski definition) is 5. The van der Waals surface area contributed by atoms with Crippen molar-refractivity contribution < 1.29 is 9.53 Å². The molecular formula is C12H19N3O2. The van der Waals surface area contributed by atoms with E-state index in [9.17, 15) is 4.79 Å². The van der Waals surface area contributed by atoms with Crippen LogP contribution in [0, 0.1) is 6.92 Å². The van der Waals surface area contributed by atoms with Gasteiger partial charge in [0.15, 0.2) is 0 Å². The average Bonchev–Trinajstić information content (AvgIpc) is 2.28. The number of rotatable bonds is 6. The molecule has 1 aromatic heterocycles. The maximum atomic E-state index is 11.2. The van der Waals surface area contributed by atoms with Crippen molar-refractivity contribution in [3.63, 3.8) is 0 Å². The van der Waals surface area contributed by atoms with Crippen LogP contribution in [0.1, 0.15) is 31.7 Å². The molecule has 1 heterocycles. The molecular weight excluding hydrogens is 218 g/mol. The molecule has 0 saturated heterocycles. The predicted molar refractivity (Wildman–Crippen MR) is 64.3 cm³/mol. The van der Waals surface area contributed by atoms with E-state index in [0.29, 0.717) is 19.6 Å². The van der Waals surface area contributed by atoms with Gasteiger partial charge < -0.3 is 10.1 Å². The second-order valence-electron chi connectivity index (χ2n) is 3.94. The topological polar surface area (TPSA) is 64.1 Å². The number of ether oxygens (including phenoxy) is 1. The molecule has 0 aliphatic carbocycles. The molecule has 5 heteroatoms. The predicted octanol–water partition coefficient (Wildman–Crippen LogP) is 1.22. The van der Waals surface area contributed by atoms with Crippen molar-refractivity contribution in [1.82, 2.24) is 15.3 Å². The highest BCUT2D eigenvalue weighted by Gasteiger charge is 2.09. The average molecular weight is 237 g/mol. The SMILES string of the molecule is CCOC(=O)CC(C)NCc1cnc(C)cn1. The van der Waals surface area contributed by atoms with E-state index in [1.165, 1.54) is 0 Å². The van der Waals surface area contributed by atoms with Crippen LogP contribution in [0.25, 0.3) is 0 Å². The Morgan fingerprint density at radius 3 is 2.82 bits per heavy atom. The fourth-order valence-corrected chi connectivity index (χ4v) is 1.33. The second-order valence-corrected chi connectivity index (χ2v) is 3.94. The molecule has 1 aromatic rings. The molecule has 0 radical (unpaired) electrons. The first-order valence-corrected chi connectivity index (χ1v) is 5.78. The molecule has 0 aliphatic heterocycles. The van der Waals surface area contributed by atoms with Crippen molar-refractivity contribution in [3.8, 4) is 0 Å². The van der Waals surface area contributed by atoms with Gasteiger partial charge >= 0.3 is 5.97 Å². The van der Waals surface area contributed by atoms with Crippen LogP contribution in [0.4, 0.5) is 0 Å². The number of aromatic nitrogens is 2. The van der Waals surface area contributed by atoms with E-state index in [1.54, 1.807) is 19.3 Å². The largest absolute Gasteiger partial charge is 0.466 e. The van der Waals surface area contributed by atoms with Crippen LogP contribution in [0.3, 0.4) is 0 Å². The zero-order chi connectivity index (χ0) is 12.7. The van der Waals surface area contributed by atoms with E-state index < -0.39 is 0 Å². The van der Waals surface area contributed by atoms with Gasteiger partial charge in [0, 0.05) is 25.0 Å². The molecule has 94 valence electrons. The molecule has 0 fully saturated rings. The molecule has 0 amide bonds. The van der Waals surface area contributed by atoms with Crippen LogP contribution in [0.2, 0.25) is 0 Å². The Morgan fingerprint density at radius 1 is 1.47 bits per heavy atom. The molecule has 0 aromatic carbocycles. The summed E-state index contributed by atoms with van der Waals surface area (Å²) in [4.78, 5) is 19.6. The summed E-state index contributed by atoms with van der Waals surface area (Å²) >= 11 is 0. The Morgan fingerprint density at radius 2 is 2.24 bits per heavy atom. The van der Waals surface area contributed by atoms with E-state index in [2.05, 4.69) is 15.3 Å². The van der Waals surface area contributed by atoms with E-state index in [-0.39, 0.29) is 12.0 Å². The van der Waals surface area contributed by atoms with Crippen molar-refractivity contribution in [2.75, 3.05) is 6.61 Å². The van der Waals surface area contributed by atoms with E-state index in [0.717, 1.165) is 11.4 Å². The third-order valence-corrected chi connectivity index (χ3v) is 2.24. The number of carbonyl (C=O) groups excluding carboxylic acids is 1. The van der Waals surface area contributed by atoms with E-state index in [1.807, 2.05) is 13.8 Å². The fourth-order valence-electron chi connectivity index (χ4n) is 1.33. The summed E-state index contributed by atoms with van der Waals surface area (Å²) in [6.45, 7) is 6.67. The normalized spacial score (nSPS) is 12.2. The smallest absolute Gasteiger partial charge is 0.307 e.